The van der Waals surface area contributed by atoms with Gasteiger partial charge in [-0.2, -0.15) is 0 Å². The molecule has 0 bridgehead atoms. The van der Waals surface area contributed by atoms with E-state index in [0.717, 1.165) is 24.8 Å². The molecule has 1 aliphatic heterocycles. The Bertz CT molecular complexity index is 1640. The number of piperidine rings is 1. The first-order chi connectivity index (χ1) is 20.5. The molecule has 0 unspecified atom stereocenters. The molecule has 1 spiro atoms. The predicted molar refractivity (Wildman–Crippen MR) is 156 cm³/mol. The van der Waals surface area contributed by atoms with E-state index in [1.165, 1.54) is 29.5 Å². The van der Waals surface area contributed by atoms with Gasteiger partial charge in [0.15, 0.2) is 0 Å². The van der Waals surface area contributed by atoms with Crippen LogP contribution < -0.4 is 4.74 Å². The van der Waals surface area contributed by atoms with Gasteiger partial charge in [-0.1, -0.05) is 24.3 Å². The van der Waals surface area contributed by atoms with Gasteiger partial charge in [0, 0.05) is 18.1 Å². The van der Waals surface area contributed by atoms with E-state index in [1.807, 2.05) is 12.1 Å². The van der Waals surface area contributed by atoms with Gasteiger partial charge in [0.05, 0.1) is 40.9 Å². The number of rotatable bonds is 4. The quantitative estimate of drug-likeness (QED) is 0.256. The molecule has 5 rings (SSSR count). The molecule has 2 heterocycles. The van der Waals surface area contributed by atoms with Crippen molar-refractivity contribution in [3.05, 3.63) is 77.0 Å². The summed E-state index contributed by atoms with van der Waals surface area (Å²) in [6.45, 7) is 11.6. The Hall–Kier alpha value is -4.07. The van der Waals surface area contributed by atoms with E-state index in [-0.39, 0.29) is 22.8 Å². The number of hydrogen-bond donors (Lipinski definition) is 0. The second-order valence-electron chi connectivity index (χ2n) is 12.3. The molecular formula is C33H38N2O6. The first kappa shape index (κ1) is 24.7. The van der Waals surface area contributed by atoms with E-state index in [2.05, 4.69) is 6.58 Å². The van der Waals surface area contributed by atoms with E-state index in [9.17, 15) is 14.4 Å². The summed E-state index contributed by atoms with van der Waals surface area (Å²) in [5.41, 5.74) is 2.73. The molecule has 8 heteroatoms. The Balaban J connectivity index is 1.62. The molecule has 216 valence electrons. The summed E-state index contributed by atoms with van der Waals surface area (Å²) in [5.74, 6) is -0.951. The molecule has 1 atom stereocenters. The van der Waals surface area contributed by atoms with Crippen molar-refractivity contribution in [3.8, 4) is 5.75 Å². The van der Waals surface area contributed by atoms with Gasteiger partial charge < -0.3 is 19.1 Å². The first-order valence-electron chi connectivity index (χ1n) is 15.2. The average molecular weight is 562 g/mol. The summed E-state index contributed by atoms with van der Waals surface area (Å²) in [4.78, 5) is 41.7. The smallest absolute Gasteiger partial charge is 0.419 e. The Morgan fingerprint density at radius 1 is 1.12 bits per heavy atom. The van der Waals surface area contributed by atoms with Crippen molar-refractivity contribution in [3.63, 3.8) is 0 Å². The van der Waals surface area contributed by atoms with Crippen LogP contribution in [0.25, 0.3) is 10.9 Å². The molecule has 1 aliphatic carbocycles. The number of aryl methyl sites for hydroxylation is 1. The average Bonchev–Trinajstić information content (AvgIpc) is 3.36. The Kier molecular flexibility index (Phi) is 6.27. The predicted octanol–water partition coefficient (Wildman–Crippen LogP) is 6.84. The van der Waals surface area contributed by atoms with Crippen LogP contribution in [0, 0.1) is 12.3 Å². The molecule has 8 nitrogen and oxygen atoms in total. The minimum atomic E-state index is -2.82. The lowest BCUT2D eigenvalue weighted by molar-refractivity contribution is 0.0198. The highest BCUT2D eigenvalue weighted by atomic mass is 16.6. The number of likely N-dealkylation sites (tertiary alicyclic amines) is 1. The maximum Gasteiger partial charge on any atom is 0.419 e. The van der Waals surface area contributed by atoms with Crippen LogP contribution in [0.1, 0.15) is 88.5 Å². The zero-order valence-electron chi connectivity index (χ0n) is 27.2. The highest BCUT2D eigenvalue weighted by molar-refractivity contribution is 6.11. The number of amides is 1. The molecule has 2 aliphatic rings. The molecule has 1 saturated heterocycles. The zero-order chi connectivity index (χ0) is 32.2. The number of benzene rings is 2. The van der Waals surface area contributed by atoms with Gasteiger partial charge in [-0.3, -0.25) is 9.36 Å². The molecule has 0 radical (unpaired) electrons. The molecule has 2 fully saturated rings. The molecule has 1 aromatic heterocycles. The zero-order valence-corrected chi connectivity index (χ0v) is 24.2. The lowest BCUT2D eigenvalue weighted by Gasteiger charge is -2.52. The van der Waals surface area contributed by atoms with E-state index >= 15 is 0 Å². The second-order valence-corrected chi connectivity index (χ2v) is 12.3. The van der Waals surface area contributed by atoms with Crippen LogP contribution in [0.15, 0.2) is 54.7 Å². The van der Waals surface area contributed by atoms with E-state index in [1.54, 1.807) is 50.8 Å². The number of aromatic nitrogens is 1. The number of methoxy groups -OCH3 is 2. The Labute approximate surface area is 245 Å². The number of hydrogen-bond acceptors (Lipinski definition) is 6. The maximum absolute atomic E-state index is 14.7. The fourth-order valence-electron chi connectivity index (χ4n) is 6.38. The molecule has 2 aromatic carbocycles. The topological polar surface area (TPSA) is 87.1 Å². The Morgan fingerprint density at radius 2 is 1.83 bits per heavy atom. The van der Waals surface area contributed by atoms with Gasteiger partial charge in [-0.15, -0.1) is 0 Å². The van der Waals surface area contributed by atoms with Gasteiger partial charge >= 0.3 is 12.1 Å². The number of nitrogens with zero attached hydrogens (tertiary/aromatic N) is 2. The molecular weight excluding hydrogens is 520 g/mol. The van der Waals surface area contributed by atoms with Crippen molar-refractivity contribution in [1.29, 1.82) is 0 Å². The minimum Gasteiger partial charge on any atom is -0.496 e. The van der Waals surface area contributed by atoms with Crippen molar-refractivity contribution in [1.82, 2.24) is 9.47 Å². The third-order valence-electron chi connectivity index (χ3n) is 8.15. The maximum atomic E-state index is 14.7. The van der Waals surface area contributed by atoms with Gasteiger partial charge in [-0.05, 0) is 94.2 Å². The van der Waals surface area contributed by atoms with Gasteiger partial charge in [0.2, 0.25) is 0 Å². The van der Waals surface area contributed by atoms with Crippen molar-refractivity contribution in [2.75, 3.05) is 20.7 Å². The molecule has 41 heavy (non-hydrogen) atoms. The summed E-state index contributed by atoms with van der Waals surface area (Å²) in [5, 5.41) is 0.386. The fourth-order valence-corrected chi connectivity index (χ4v) is 6.38. The van der Waals surface area contributed by atoms with E-state index < -0.39 is 30.6 Å². The highest BCUT2D eigenvalue weighted by Crippen LogP contribution is 2.56. The van der Waals surface area contributed by atoms with Crippen molar-refractivity contribution >= 4 is 28.9 Å². The number of ether oxygens (including phenoxy) is 3. The lowest BCUT2D eigenvalue weighted by Crippen LogP contribution is -2.48. The van der Waals surface area contributed by atoms with E-state index in [0.29, 0.717) is 35.0 Å². The standard InChI is InChI=1S/C33H38N2O6/c1-20-17-33(18-20)13-15-34(25(19-33)22-8-10-23(11-9-22)30(37)40-7)29(36)27-24-12-14-35(31(38)41-32(3,4)5)28(24)21(2)16-26(27)39-6/h8-12,14,16,25H,1,13,15,17-19H2,2-7H3/t25-/m0/s1/i6D3. The summed E-state index contributed by atoms with van der Waals surface area (Å²) >= 11 is 0. The second kappa shape index (κ2) is 10.4. The van der Waals surface area contributed by atoms with Crippen molar-refractivity contribution in [2.45, 2.75) is 65.0 Å². The van der Waals surface area contributed by atoms with Gasteiger partial charge in [0.1, 0.15) is 11.4 Å². The third-order valence-corrected chi connectivity index (χ3v) is 8.15. The Morgan fingerprint density at radius 3 is 2.44 bits per heavy atom. The van der Waals surface area contributed by atoms with Gasteiger partial charge in [0.25, 0.3) is 5.91 Å². The van der Waals surface area contributed by atoms with Crippen molar-refractivity contribution in [2.24, 2.45) is 5.41 Å². The lowest BCUT2D eigenvalue weighted by atomic mass is 9.59. The summed E-state index contributed by atoms with van der Waals surface area (Å²) in [6, 6.07) is 9.76. The van der Waals surface area contributed by atoms with Crippen LogP contribution in [-0.4, -0.2) is 53.7 Å². The SMILES string of the molecule is [2H]C([2H])([2H])Oc1cc(C)c2c(ccn2C(=O)OC(C)(C)C)c1C(=O)N1CCC2(CC(=C)C2)C[C@H]1c1ccc(C(=O)OC)cc1. The van der Waals surface area contributed by atoms with Gasteiger partial charge in [-0.25, -0.2) is 9.59 Å². The number of allylic oxidation sites excluding steroid dienone is 1. The number of carbonyl (C=O) groups is 3. The summed E-state index contributed by atoms with van der Waals surface area (Å²) in [6.07, 6.45) is 4.11. The van der Waals surface area contributed by atoms with Crippen LogP contribution in [-0.2, 0) is 9.47 Å². The number of carbonyl (C=O) groups excluding carboxylic acids is 3. The molecule has 0 N–H and O–H groups in total. The third kappa shape index (κ3) is 5.23. The van der Waals surface area contributed by atoms with E-state index in [4.69, 9.17) is 18.3 Å². The number of esters is 1. The summed E-state index contributed by atoms with van der Waals surface area (Å²) < 4.78 is 40.6. The number of fused-ring (bicyclic) bond motifs is 1. The molecule has 3 aromatic rings. The minimum absolute atomic E-state index is 0.0141. The van der Waals surface area contributed by atoms with Crippen LogP contribution in [0.5, 0.6) is 5.75 Å². The van der Waals surface area contributed by atoms with Crippen LogP contribution in [0.4, 0.5) is 4.79 Å². The van der Waals surface area contributed by atoms with Crippen molar-refractivity contribution < 1.29 is 32.7 Å². The first-order valence-corrected chi connectivity index (χ1v) is 13.7. The normalized spacial score (nSPS) is 19.6. The van der Waals surface area contributed by atoms with Crippen LogP contribution in [0.3, 0.4) is 0 Å². The summed E-state index contributed by atoms with van der Waals surface area (Å²) in [7, 11) is -1.49. The van der Waals surface area contributed by atoms with Crippen LogP contribution in [0.2, 0.25) is 0 Å². The fraction of sp³-hybridized carbons (Fsp3) is 0.424. The molecule has 1 amide bonds. The monoisotopic (exact) mass is 561 g/mol. The largest absolute Gasteiger partial charge is 0.496 e. The van der Waals surface area contributed by atoms with Crippen LogP contribution >= 0.6 is 0 Å². The highest BCUT2D eigenvalue weighted by Gasteiger charge is 2.47. The molecule has 1 saturated carbocycles.